The molecule has 8 nitrogen and oxygen atoms in total. The van der Waals surface area contributed by atoms with Crippen molar-refractivity contribution in [3.63, 3.8) is 0 Å². The number of sulfone groups is 1. The van der Waals surface area contributed by atoms with Crippen molar-refractivity contribution in [2.75, 3.05) is 11.9 Å². The highest BCUT2D eigenvalue weighted by Gasteiger charge is 2.44. The molecule has 1 unspecified atom stereocenters. The Hall–Kier alpha value is -3.79. The monoisotopic (exact) mass is 522 g/mol. The van der Waals surface area contributed by atoms with Crippen molar-refractivity contribution in [1.29, 1.82) is 0 Å². The second-order valence-electron chi connectivity index (χ2n) is 8.12. The molecule has 0 radical (unpaired) electrons. The van der Waals surface area contributed by atoms with Gasteiger partial charge in [-0.25, -0.2) is 13.4 Å². The minimum Gasteiger partial charge on any atom is -0.480 e. The van der Waals surface area contributed by atoms with Crippen LogP contribution in [0.3, 0.4) is 0 Å². The third kappa shape index (κ3) is 5.38. The number of carboxylic acid groups (broad SMARTS) is 1. The fourth-order valence-corrected chi connectivity index (χ4v) is 5.48. The number of hydrogen-bond acceptors (Lipinski definition) is 7. The van der Waals surface area contributed by atoms with Crippen LogP contribution in [0.25, 0.3) is 11.1 Å². The van der Waals surface area contributed by atoms with Crippen LogP contribution in [0.15, 0.2) is 96.2 Å². The largest absolute Gasteiger partial charge is 0.480 e. The maximum atomic E-state index is 13.8. The zero-order valence-electron chi connectivity index (χ0n) is 19.0. The highest BCUT2D eigenvalue weighted by Crippen LogP contribution is 2.34. The van der Waals surface area contributed by atoms with Gasteiger partial charge >= 0.3 is 5.97 Å². The van der Waals surface area contributed by atoms with Gasteiger partial charge < -0.3 is 16.2 Å². The van der Waals surface area contributed by atoms with Gasteiger partial charge in [-0.3, -0.25) is 9.78 Å². The third-order valence-electron chi connectivity index (χ3n) is 5.63. The molecule has 4 rings (SSSR count). The predicted octanol–water partition coefficient (Wildman–Crippen LogP) is 4.12. The van der Waals surface area contributed by atoms with Gasteiger partial charge in [0.05, 0.1) is 10.6 Å². The summed E-state index contributed by atoms with van der Waals surface area (Å²) in [5, 5.41) is 12.3. The van der Waals surface area contributed by atoms with E-state index in [-0.39, 0.29) is 29.4 Å². The van der Waals surface area contributed by atoms with Gasteiger partial charge in [-0.05, 0) is 53.1 Å². The Balaban J connectivity index is 1.74. The van der Waals surface area contributed by atoms with Crippen molar-refractivity contribution in [3.8, 4) is 11.1 Å². The second kappa shape index (κ2) is 10.4. The highest BCUT2D eigenvalue weighted by molar-refractivity contribution is 7.92. The molecular formula is C26H23ClN4O4S. The van der Waals surface area contributed by atoms with Crippen LogP contribution in [0.4, 0.5) is 5.82 Å². The average molecular weight is 523 g/mol. The van der Waals surface area contributed by atoms with Crippen molar-refractivity contribution < 1.29 is 18.3 Å². The first kappa shape index (κ1) is 25.3. The highest BCUT2D eigenvalue weighted by atomic mass is 35.5. The minimum absolute atomic E-state index is 0.0454. The summed E-state index contributed by atoms with van der Waals surface area (Å²) in [6.07, 6.45) is 2.63. The number of pyridine rings is 2. The molecule has 4 N–H and O–H groups in total. The van der Waals surface area contributed by atoms with E-state index in [1.54, 1.807) is 24.3 Å². The van der Waals surface area contributed by atoms with E-state index in [9.17, 15) is 13.2 Å². The Morgan fingerprint density at radius 3 is 2.25 bits per heavy atom. The summed E-state index contributed by atoms with van der Waals surface area (Å²) in [6, 6.07) is 22.4. The summed E-state index contributed by atoms with van der Waals surface area (Å²) in [6.45, 7) is -0.379. The van der Waals surface area contributed by atoms with Crippen LogP contribution in [0.1, 0.15) is 11.3 Å². The zero-order chi connectivity index (χ0) is 25.8. The van der Waals surface area contributed by atoms with Crippen LogP contribution in [-0.4, -0.2) is 36.0 Å². The molecule has 0 saturated carbocycles. The second-order valence-corrected chi connectivity index (χ2v) is 10.8. The molecule has 2 heterocycles. The Morgan fingerprint density at radius 1 is 0.972 bits per heavy atom. The number of carboxylic acids is 1. The molecule has 0 spiro atoms. The molecule has 10 heteroatoms. The van der Waals surface area contributed by atoms with Crippen molar-refractivity contribution >= 4 is 33.2 Å². The Bertz CT molecular complexity index is 1460. The first-order chi connectivity index (χ1) is 17.2. The van der Waals surface area contributed by atoms with E-state index in [0.717, 1.165) is 11.1 Å². The standard InChI is InChI=1S/C26H23ClN4O4S/c27-21-12-10-20(11-13-21)19-8-6-18(7-9-19)15-26(28,36(34,35)22-3-2-14-29-16-22)23-4-1-5-24(31-23)30-17-25(32)33/h1-14,16H,15,17,28H2,(H,30,31)(H,32,33). The zero-order valence-corrected chi connectivity index (χ0v) is 20.6. The van der Waals surface area contributed by atoms with Crippen molar-refractivity contribution in [3.05, 3.63) is 108 Å². The predicted molar refractivity (Wildman–Crippen MR) is 138 cm³/mol. The molecule has 0 amide bonds. The van der Waals surface area contributed by atoms with E-state index in [1.165, 1.54) is 30.6 Å². The molecule has 0 aliphatic heterocycles. The van der Waals surface area contributed by atoms with Crippen LogP contribution in [0, 0.1) is 0 Å². The number of nitrogens with zero attached hydrogens (tertiary/aromatic N) is 2. The van der Waals surface area contributed by atoms with Crippen molar-refractivity contribution in [2.45, 2.75) is 16.2 Å². The van der Waals surface area contributed by atoms with Crippen molar-refractivity contribution in [2.24, 2.45) is 5.73 Å². The minimum atomic E-state index is -4.17. The number of rotatable bonds is 9. The van der Waals surface area contributed by atoms with Crippen LogP contribution in [0.2, 0.25) is 5.02 Å². The van der Waals surface area contributed by atoms with E-state index >= 15 is 0 Å². The fraction of sp³-hybridized carbons (Fsp3) is 0.115. The van der Waals surface area contributed by atoms with Gasteiger partial charge in [0.2, 0.25) is 9.84 Å². The summed E-state index contributed by atoms with van der Waals surface area (Å²) < 4.78 is 27.6. The molecule has 0 fully saturated rings. The molecule has 0 aliphatic rings. The van der Waals surface area contributed by atoms with Gasteiger partial charge in [-0.2, -0.15) is 0 Å². The van der Waals surface area contributed by atoms with Gasteiger partial charge in [0.1, 0.15) is 12.4 Å². The number of nitrogens with one attached hydrogen (secondary N) is 1. The number of carbonyl (C=O) groups is 1. The van der Waals surface area contributed by atoms with Gasteiger partial charge in [-0.15, -0.1) is 0 Å². The topological polar surface area (TPSA) is 135 Å². The molecule has 0 saturated heterocycles. The number of halogens is 1. The summed E-state index contributed by atoms with van der Waals surface area (Å²) in [5.41, 5.74) is 9.36. The van der Waals surface area contributed by atoms with Crippen molar-refractivity contribution in [1.82, 2.24) is 9.97 Å². The van der Waals surface area contributed by atoms with Crippen LogP contribution >= 0.6 is 11.6 Å². The van der Waals surface area contributed by atoms with E-state index in [4.69, 9.17) is 22.4 Å². The summed E-state index contributed by atoms with van der Waals surface area (Å²) in [5.74, 6) is -0.880. The molecule has 36 heavy (non-hydrogen) atoms. The molecular weight excluding hydrogens is 500 g/mol. The molecule has 0 bridgehead atoms. The lowest BCUT2D eigenvalue weighted by atomic mass is 9.99. The Kier molecular flexibility index (Phi) is 7.35. The maximum Gasteiger partial charge on any atom is 0.322 e. The maximum absolute atomic E-state index is 13.8. The Labute approximate surface area is 213 Å². The van der Waals surface area contributed by atoms with Gasteiger partial charge in [0.25, 0.3) is 0 Å². The summed E-state index contributed by atoms with van der Waals surface area (Å²) >= 11 is 5.98. The van der Waals surface area contributed by atoms with Crippen LogP contribution in [0.5, 0.6) is 0 Å². The molecule has 4 aromatic rings. The van der Waals surface area contributed by atoms with E-state index in [1.807, 2.05) is 36.4 Å². The number of aliphatic carboxylic acids is 1. The number of anilines is 1. The fourth-order valence-electron chi connectivity index (χ4n) is 3.74. The van der Waals surface area contributed by atoms with Gasteiger partial charge in [0, 0.05) is 23.8 Å². The average Bonchev–Trinajstić information content (AvgIpc) is 2.89. The quantitative estimate of drug-likeness (QED) is 0.298. The molecule has 184 valence electrons. The normalized spacial score (nSPS) is 13.1. The van der Waals surface area contributed by atoms with Gasteiger partial charge in [-0.1, -0.05) is 54.1 Å². The lowest BCUT2D eigenvalue weighted by molar-refractivity contribution is -0.134. The Morgan fingerprint density at radius 2 is 1.64 bits per heavy atom. The van der Waals surface area contributed by atoms with Crippen LogP contribution in [-0.2, 0) is 25.9 Å². The smallest absolute Gasteiger partial charge is 0.322 e. The summed E-state index contributed by atoms with van der Waals surface area (Å²) in [4.78, 5) is 17.3. The molecule has 2 aromatic carbocycles. The SMILES string of the molecule is NC(Cc1ccc(-c2ccc(Cl)cc2)cc1)(c1cccc(NCC(=O)O)n1)S(=O)(=O)c1cccnc1. The lowest BCUT2D eigenvalue weighted by Gasteiger charge is -2.29. The summed E-state index contributed by atoms with van der Waals surface area (Å²) in [7, 11) is -4.17. The number of aromatic nitrogens is 2. The van der Waals surface area contributed by atoms with E-state index < -0.39 is 20.7 Å². The van der Waals surface area contributed by atoms with Crippen LogP contribution < -0.4 is 11.1 Å². The number of benzene rings is 2. The number of nitrogens with two attached hydrogens (primary N) is 1. The lowest BCUT2D eigenvalue weighted by Crippen LogP contribution is -2.47. The number of hydrogen-bond donors (Lipinski definition) is 3. The van der Waals surface area contributed by atoms with Gasteiger partial charge in [0.15, 0.2) is 4.87 Å². The van der Waals surface area contributed by atoms with E-state index in [0.29, 0.717) is 10.6 Å². The van der Waals surface area contributed by atoms with E-state index in [2.05, 4.69) is 15.3 Å². The molecule has 0 aliphatic carbocycles. The first-order valence-corrected chi connectivity index (χ1v) is 12.8. The third-order valence-corrected chi connectivity index (χ3v) is 8.05. The molecule has 1 atom stereocenters. The first-order valence-electron chi connectivity index (χ1n) is 10.9. The molecule has 2 aromatic heterocycles.